The first-order chi connectivity index (χ1) is 20.2. The highest BCUT2D eigenvalue weighted by atomic mass is 35.5. The predicted octanol–water partition coefficient (Wildman–Crippen LogP) is 3.68. The van der Waals surface area contributed by atoms with Crippen LogP contribution in [0.2, 0.25) is 5.02 Å². The van der Waals surface area contributed by atoms with Gasteiger partial charge in [0, 0.05) is 59.6 Å². The molecule has 2 saturated heterocycles. The Balaban J connectivity index is 1.36. The molecular weight excluding hydrogens is 581 g/mol. The number of ether oxygens (including phenoxy) is 1. The van der Waals surface area contributed by atoms with E-state index in [1.807, 2.05) is 0 Å². The van der Waals surface area contributed by atoms with E-state index in [4.69, 9.17) is 22.1 Å². The summed E-state index contributed by atoms with van der Waals surface area (Å²) in [6.07, 6.45) is 3.69. The third-order valence-corrected chi connectivity index (χ3v) is 10.3. The molecule has 0 saturated carbocycles. The molecule has 3 heterocycles. The molecule has 4 N–H and O–H groups in total. The molecule has 0 spiro atoms. The number of halogens is 2. The van der Waals surface area contributed by atoms with Gasteiger partial charge in [-0.25, -0.2) is 17.8 Å². The topological polar surface area (TPSA) is 127 Å². The van der Waals surface area contributed by atoms with E-state index in [1.165, 1.54) is 19.2 Å². The molecule has 2 aliphatic heterocycles. The first kappa shape index (κ1) is 30.4. The van der Waals surface area contributed by atoms with Crippen molar-refractivity contribution in [2.45, 2.75) is 49.7 Å². The molecule has 2 bridgehead atoms. The molecule has 3 aromatic rings. The smallest absolute Gasteiger partial charge is 0.242 e. The average Bonchev–Trinajstić information content (AvgIpc) is 3.10. The molecule has 3 unspecified atom stereocenters. The quantitative estimate of drug-likeness (QED) is 0.335. The summed E-state index contributed by atoms with van der Waals surface area (Å²) in [5, 5.41) is 6.82. The number of aromatic nitrogens is 1. The zero-order valence-electron chi connectivity index (χ0n) is 23.3. The Labute approximate surface area is 250 Å². The fourth-order valence-corrected chi connectivity index (χ4v) is 7.76. The number of fused-ring (bicyclic) bond motifs is 2. The lowest BCUT2D eigenvalue weighted by Gasteiger charge is -2.37. The highest BCUT2D eigenvalue weighted by molar-refractivity contribution is 7.89. The van der Waals surface area contributed by atoms with Gasteiger partial charge in [-0.1, -0.05) is 35.9 Å². The summed E-state index contributed by atoms with van der Waals surface area (Å²) in [4.78, 5) is 17.9. The number of sulfonamides is 1. The van der Waals surface area contributed by atoms with E-state index in [9.17, 15) is 13.2 Å². The van der Waals surface area contributed by atoms with Crippen LogP contribution < -0.4 is 21.1 Å². The standard InChI is InChI=1S/C30H35ClFN5O4S/c1-41-27-14-9-20(16-35-27)28(19-7-10-21(31)11-8-19)29(33)30(38)36-26-6-2-5-25(32)24(26)13-12-23-17-34-22-4-3-15-42(39,40)37(23)18-22/h2,5-11,14,16,22-23,28-29,34H,3-4,12-13,15,17-18,33H2,1H3,(H,36,38)/t22?,23?,28-,29-/m0/s1. The van der Waals surface area contributed by atoms with E-state index < -0.39 is 33.7 Å². The first-order valence-electron chi connectivity index (χ1n) is 14.0. The molecule has 5 atom stereocenters. The van der Waals surface area contributed by atoms with Gasteiger partial charge in [0.25, 0.3) is 0 Å². The second kappa shape index (κ2) is 13.0. The molecule has 1 aromatic heterocycles. The molecular formula is C30H35ClFN5O4S. The van der Waals surface area contributed by atoms with Gasteiger partial charge in [0.1, 0.15) is 5.82 Å². The summed E-state index contributed by atoms with van der Waals surface area (Å²) in [5.74, 6) is -1.01. The number of methoxy groups -OCH3 is 1. The van der Waals surface area contributed by atoms with Crippen molar-refractivity contribution in [2.24, 2.45) is 5.73 Å². The highest BCUT2D eigenvalue weighted by Crippen LogP contribution is 2.31. The van der Waals surface area contributed by atoms with Crippen LogP contribution in [0.5, 0.6) is 5.88 Å². The SMILES string of the molecule is COc1ccc([C@H](c2ccc(Cl)cc2)[C@H](N)C(=O)Nc2cccc(F)c2CCC2CNC3CCCS(=O)(=O)N2C3)cn1. The van der Waals surface area contributed by atoms with Crippen molar-refractivity contribution in [3.63, 3.8) is 0 Å². The molecule has 2 fully saturated rings. The summed E-state index contributed by atoms with van der Waals surface area (Å²) in [6, 6.07) is 13.8. The molecule has 42 heavy (non-hydrogen) atoms. The molecule has 1 amide bonds. The van der Waals surface area contributed by atoms with E-state index in [1.54, 1.807) is 53.0 Å². The third kappa shape index (κ3) is 6.76. The molecule has 0 aliphatic carbocycles. The molecule has 2 aliphatic rings. The molecule has 2 aromatic carbocycles. The normalized spacial score (nSPS) is 22.9. The Morgan fingerprint density at radius 1 is 1.21 bits per heavy atom. The van der Waals surface area contributed by atoms with Gasteiger partial charge in [-0.3, -0.25) is 4.79 Å². The number of nitrogens with one attached hydrogen (secondary N) is 2. The Kier molecular flexibility index (Phi) is 9.44. The number of rotatable bonds is 9. The minimum absolute atomic E-state index is 0.124. The molecule has 12 heteroatoms. The highest BCUT2D eigenvalue weighted by Gasteiger charge is 2.38. The summed E-state index contributed by atoms with van der Waals surface area (Å²) >= 11 is 6.11. The zero-order valence-corrected chi connectivity index (χ0v) is 24.9. The maximum atomic E-state index is 15.2. The number of nitrogens with two attached hydrogens (primary N) is 1. The van der Waals surface area contributed by atoms with Crippen molar-refractivity contribution in [3.05, 3.63) is 88.3 Å². The number of benzene rings is 2. The number of piperazine rings is 1. The van der Waals surface area contributed by atoms with Crippen molar-refractivity contribution in [2.75, 3.05) is 31.3 Å². The van der Waals surface area contributed by atoms with Crippen LogP contribution in [0, 0.1) is 5.82 Å². The third-order valence-electron chi connectivity index (χ3n) is 8.08. The van der Waals surface area contributed by atoms with Crippen molar-refractivity contribution >= 4 is 33.2 Å². The number of carbonyl (C=O) groups is 1. The summed E-state index contributed by atoms with van der Waals surface area (Å²) in [7, 11) is -1.86. The van der Waals surface area contributed by atoms with E-state index >= 15 is 4.39 Å². The van der Waals surface area contributed by atoms with Crippen LogP contribution in [-0.2, 0) is 21.2 Å². The van der Waals surface area contributed by atoms with Gasteiger partial charge in [-0.2, -0.15) is 4.31 Å². The average molecular weight is 616 g/mol. The Morgan fingerprint density at radius 2 is 1.98 bits per heavy atom. The number of amides is 1. The van der Waals surface area contributed by atoms with E-state index in [2.05, 4.69) is 15.6 Å². The fourth-order valence-electron chi connectivity index (χ4n) is 5.83. The van der Waals surface area contributed by atoms with Gasteiger partial charge in [0.05, 0.1) is 18.9 Å². The zero-order chi connectivity index (χ0) is 29.9. The monoisotopic (exact) mass is 615 g/mol. The number of nitrogens with zero attached hydrogens (tertiary/aromatic N) is 2. The van der Waals surface area contributed by atoms with Crippen LogP contribution >= 0.6 is 11.6 Å². The van der Waals surface area contributed by atoms with E-state index in [0.29, 0.717) is 53.6 Å². The van der Waals surface area contributed by atoms with Crippen molar-refractivity contribution in [1.82, 2.24) is 14.6 Å². The lowest BCUT2D eigenvalue weighted by atomic mass is 9.85. The molecule has 9 nitrogen and oxygen atoms in total. The summed E-state index contributed by atoms with van der Waals surface area (Å²) < 4.78 is 47.7. The van der Waals surface area contributed by atoms with E-state index in [0.717, 1.165) is 12.0 Å². The van der Waals surface area contributed by atoms with Gasteiger partial charge in [0.2, 0.25) is 21.8 Å². The number of anilines is 1. The lowest BCUT2D eigenvalue weighted by Crippen LogP contribution is -2.57. The minimum Gasteiger partial charge on any atom is -0.481 e. The lowest BCUT2D eigenvalue weighted by molar-refractivity contribution is -0.117. The number of hydrogen-bond acceptors (Lipinski definition) is 7. The largest absolute Gasteiger partial charge is 0.481 e. The van der Waals surface area contributed by atoms with Crippen molar-refractivity contribution in [1.29, 1.82) is 0 Å². The van der Waals surface area contributed by atoms with Gasteiger partial charge < -0.3 is 21.1 Å². The van der Waals surface area contributed by atoms with Crippen molar-refractivity contribution < 1.29 is 22.3 Å². The van der Waals surface area contributed by atoms with Crippen LogP contribution in [0.15, 0.2) is 60.8 Å². The minimum atomic E-state index is -3.37. The van der Waals surface area contributed by atoms with Crippen LogP contribution in [0.1, 0.15) is 41.9 Å². The Hall–Kier alpha value is -3.09. The molecule has 0 radical (unpaired) electrons. The van der Waals surface area contributed by atoms with Crippen molar-refractivity contribution in [3.8, 4) is 5.88 Å². The summed E-state index contributed by atoms with van der Waals surface area (Å²) in [6.45, 7) is 0.929. The van der Waals surface area contributed by atoms with Gasteiger partial charge in [-0.05, 0) is 61.1 Å². The fraction of sp³-hybridized carbons (Fsp3) is 0.400. The Morgan fingerprint density at radius 3 is 2.69 bits per heavy atom. The number of hydrogen-bond donors (Lipinski definition) is 3. The van der Waals surface area contributed by atoms with Crippen LogP contribution in [0.25, 0.3) is 0 Å². The summed E-state index contributed by atoms with van der Waals surface area (Å²) in [5.41, 5.74) is 8.65. The predicted molar refractivity (Wildman–Crippen MR) is 161 cm³/mol. The van der Waals surface area contributed by atoms with Crippen LogP contribution in [0.3, 0.4) is 0 Å². The number of pyridine rings is 1. The van der Waals surface area contributed by atoms with Crippen LogP contribution in [-0.4, -0.2) is 67.7 Å². The van der Waals surface area contributed by atoms with Crippen LogP contribution in [0.4, 0.5) is 10.1 Å². The number of carbonyl (C=O) groups excluding carboxylic acids is 1. The van der Waals surface area contributed by atoms with Gasteiger partial charge in [0.15, 0.2) is 0 Å². The first-order valence-corrected chi connectivity index (χ1v) is 16.0. The van der Waals surface area contributed by atoms with E-state index in [-0.39, 0.29) is 24.3 Å². The molecule has 224 valence electrons. The Bertz CT molecular complexity index is 1510. The maximum absolute atomic E-state index is 15.2. The molecule has 5 rings (SSSR count). The van der Waals surface area contributed by atoms with Gasteiger partial charge in [-0.15, -0.1) is 0 Å². The second-order valence-electron chi connectivity index (χ2n) is 10.8. The van der Waals surface area contributed by atoms with Gasteiger partial charge >= 0.3 is 0 Å². The second-order valence-corrected chi connectivity index (χ2v) is 13.2. The maximum Gasteiger partial charge on any atom is 0.242 e.